The van der Waals surface area contributed by atoms with E-state index >= 15 is 0 Å². The van der Waals surface area contributed by atoms with E-state index in [-0.39, 0.29) is 24.2 Å². The predicted molar refractivity (Wildman–Crippen MR) is 63.3 cm³/mol. The van der Waals surface area contributed by atoms with E-state index in [1.165, 1.54) is 0 Å². The van der Waals surface area contributed by atoms with Gasteiger partial charge >= 0.3 is 6.18 Å². The molecule has 0 bridgehead atoms. The topological polar surface area (TPSA) is 45.6 Å². The second-order valence-electron chi connectivity index (χ2n) is 4.14. The van der Waals surface area contributed by atoms with E-state index in [9.17, 15) is 18.3 Å². The lowest BCUT2D eigenvalue weighted by molar-refractivity contribution is -0.137. The van der Waals surface area contributed by atoms with E-state index in [4.69, 9.17) is 16.3 Å². The van der Waals surface area contributed by atoms with Crippen LogP contribution in [0.3, 0.4) is 0 Å². The fraction of sp³-hybridized carbons (Fsp3) is 0.545. The molecular formula is C11H12ClF3N2O2. The zero-order valence-electron chi connectivity index (χ0n) is 9.82. The Morgan fingerprint density at radius 1 is 1.47 bits per heavy atom. The number of hydrogen-bond acceptors (Lipinski definition) is 4. The lowest BCUT2D eigenvalue weighted by atomic mass is 10.2. The van der Waals surface area contributed by atoms with Crippen LogP contribution in [0.2, 0.25) is 5.15 Å². The highest BCUT2D eigenvalue weighted by Crippen LogP contribution is 2.33. The molecule has 1 aliphatic heterocycles. The van der Waals surface area contributed by atoms with Crippen LogP contribution in [-0.2, 0) is 10.9 Å². The number of anilines is 1. The minimum Gasteiger partial charge on any atom is -0.394 e. The average molecular weight is 297 g/mol. The molecule has 1 aliphatic rings. The lowest BCUT2D eigenvalue weighted by Crippen LogP contribution is -2.48. The van der Waals surface area contributed by atoms with Crippen LogP contribution in [0, 0.1) is 0 Å². The Kier molecular flexibility index (Phi) is 4.17. The maximum Gasteiger partial charge on any atom is 0.416 e. The summed E-state index contributed by atoms with van der Waals surface area (Å²) in [5, 5.41) is 8.99. The molecule has 0 saturated carbocycles. The van der Waals surface area contributed by atoms with Gasteiger partial charge < -0.3 is 14.7 Å². The van der Waals surface area contributed by atoms with Crippen LogP contribution >= 0.6 is 11.6 Å². The molecule has 8 heteroatoms. The van der Waals surface area contributed by atoms with Crippen molar-refractivity contribution in [3.05, 3.63) is 22.8 Å². The number of ether oxygens (including phenoxy) is 1. The molecule has 0 aliphatic carbocycles. The fourth-order valence-electron chi connectivity index (χ4n) is 1.90. The Hall–Kier alpha value is -1.05. The molecular weight excluding hydrogens is 285 g/mol. The molecule has 1 fully saturated rings. The number of hydrogen-bond donors (Lipinski definition) is 1. The average Bonchev–Trinajstić information content (AvgIpc) is 2.37. The maximum atomic E-state index is 12.7. The molecule has 1 saturated heterocycles. The van der Waals surface area contributed by atoms with Gasteiger partial charge in [-0.15, -0.1) is 0 Å². The molecule has 1 aromatic rings. The molecule has 0 amide bonds. The van der Waals surface area contributed by atoms with Crippen molar-refractivity contribution in [1.29, 1.82) is 0 Å². The van der Waals surface area contributed by atoms with Crippen molar-refractivity contribution in [2.45, 2.75) is 12.2 Å². The molecule has 4 nitrogen and oxygen atoms in total. The van der Waals surface area contributed by atoms with Gasteiger partial charge in [-0.2, -0.15) is 13.2 Å². The summed E-state index contributed by atoms with van der Waals surface area (Å²) in [4.78, 5) is 5.47. The SMILES string of the molecule is OCC1COCCN1c1cc(C(F)(F)F)cc(Cl)n1. The third-order valence-electron chi connectivity index (χ3n) is 2.84. The second kappa shape index (κ2) is 5.52. The zero-order chi connectivity index (χ0) is 14.0. The summed E-state index contributed by atoms with van der Waals surface area (Å²) in [5.41, 5.74) is -0.856. The van der Waals surface area contributed by atoms with Gasteiger partial charge in [-0.25, -0.2) is 4.98 Å². The van der Waals surface area contributed by atoms with Crippen LogP contribution in [0.25, 0.3) is 0 Å². The highest BCUT2D eigenvalue weighted by atomic mass is 35.5. The van der Waals surface area contributed by atoms with Crippen molar-refractivity contribution < 1.29 is 23.0 Å². The van der Waals surface area contributed by atoms with Gasteiger partial charge in [0, 0.05) is 6.54 Å². The minimum atomic E-state index is -4.48. The van der Waals surface area contributed by atoms with Crippen LogP contribution < -0.4 is 4.90 Å². The molecule has 1 N–H and O–H groups in total. The fourth-order valence-corrected chi connectivity index (χ4v) is 2.11. The van der Waals surface area contributed by atoms with Crippen LogP contribution in [0.5, 0.6) is 0 Å². The minimum absolute atomic E-state index is 0.0992. The Bertz CT molecular complexity index is 456. The van der Waals surface area contributed by atoms with E-state index in [1.54, 1.807) is 4.90 Å². The largest absolute Gasteiger partial charge is 0.416 e. The van der Waals surface area contributed by atoms with E-state index in [0.717, 1.165) is 12.1 Å². The third kappa shape index (κ3) is 3.29. The van der Waals surface area contributed by atoms with Gasteiger partial charge in [0.15, 0.2) is 0 Å². The zero-order valence-corrected chi connectivity index (χ0v) is 10.6. The predicted octanol–water partition coefficient (Wildman–Crippen LogP) is 1.95. The first kappa shape index (κ1) is 14.4. The number of nitrogens with zero attached hydrogens (tertiary/aromatic N) is 2. The molecule has 0 radical (unpaired) electrons. The first-order chi connectivity index (χ1) is 8.91. The van der Waals surface area contributed by atoms with Crippen LogP contribution in [0.15, 0.2) is 12.1 Å². The highest BCUT2D eigenvalue weighted by Gasteiger charge is 2.33. The van der Waals surface area contributed by atoms with Gasteiger partial charge in [0.05, 0.1) is 31.4 Å². The van der Waals surface area contributed by atoms with Crippen molar-refractivity contribution in [3.63, 3.8) is 0 Å². The molecule has 1 aromatic heterocycles. The van der Waals surface area contributed by atoms with Crippen LogP contribution in [0.1, 0.15) is 5.56 Å². The Balaban J connectivity index is 2.35. The van der Waals surface area contributed by atoms with E-state index in [2.05, 4.69) is 4.98 Å². The number of rotatable bonds is 2. The number of pyridine rings is 1. The number of morpholine rings is 1. The Labute approximate surface area is 112 Å². The van der Waals surface area contributed by atoms with Gasteiger partial charge in [-0.3, -0.25) is 0 Å². The van der Waals surface area contributed by atoms with Crippen LogP contribution in [-0.4, -0.2) is 42.5 Å². The Morgan fingerprint density at radius 2 is 2.21 bits per heavy atom. The molecule has 0 aromatic carbocycles. The monoisotopic (exact) mass is 296 g/mol. The summed E-state index contributed by atoms with van der Waals surface area (Å²) < 4.78 is 43.3. The second-order valence-corrected chi connectivity index (χ2v) is 4.53. The van der Waals surface area contributed by atoms with Gasteiger partial charge in [-0.05, 0) is 12.1 Å². The molecule has 1 atom stereocenters. The quantitative estimate of drug-likeness (QED) is 0.848. The molecule has 1 unspecified atom stereocenters. The van der Waals surface area contributed by atoms with Crippen molar-refractivity contribution in [2.75, 3.05) is 31.3 Å². The third-order valence-corrected chi connectivity index (χ3v) is 3.03. The van der Waals surface area contributed by atoms with Gasteiger partial charge in [0.2, 0.25) is 0 Å². The highest BCUT2D eigenvalue weighted by molar-refractivity contribution is 6.29. The Morgan fingerprint density at radius 3 is 2.84 bits per heavy atom. The first-order valence-corrected chi connectivity index (χ1v) is 5.99. The lowest BCUT2D eigenvalue weighted by Gasteiger charge is -2.35. The van der Waals surface area contributed by atoms with Gasteiger partial charge in [0.25, 0.3) is 0 Å². The van der Waals surface area contributed by atoms with E-state index in [1.807, 2.05) is 0 Å². The summed E-state index contributed by atoms with van der Waals surface area (Å²) in [6, 6.07) is 1.29. The van der Waals surface area contributed by atoms with Crippen molar-refractivity contribution >= 4 is 17.4 Å². The standard InChI is InChI=1S/C11H12ClF3N2O2/c12-9-3-7(11(13,14)15)4-10(16-9)17-1-2-19-6-8(17)5-18/h3-4,8,18H,1-2,5-6H2. The number of aliphatic hydroxyl groups excluding tert-OH is 1. The molecule has 0 spiro atoms. The summed E-state index contributed by atoms with van der Waals surface area (Å²) in [6.45, 7) is 0.740. The smallest absolute Gasteiger partial charge is 0.394 e. The number of aliphatic hydroxyl groups is 1. The van der Waals surface area contributed by atoms with Crippen molar-refractivity contribution in [2.24, 2.45) is 0 Å². The van der Waals surface area contributed by atoms with Gasteiger partial charge in [0.1, 0.15) is 11.0 Å². The summed E-state index contributed by atoms with van der Waals surface area (Å²) in [7, 11) is 0. The molecule has 106 valence electrons. The number of halogens is 4. The first-order valence-electron chi connectivity index (χ1n) is 5.62. The molecule has 2 heterocycles. The summed E-state index contributed by atoms with van der Waals surface area (Å²) >= 11 is 5.63. The van der Waals surface area contributed by atoms with E-state index in [0.29, 0.717) is 13.2 Å². The number of aromatic nitrogens is 1. The summed E-state index contributed by atoms with van der Waals surface area (Å²) in [6.07, 6.45) is -4.48. The normalized spacial score (nSPS) is 20.7. The maximum absolute atomic E-state index is 12.7. The number of alkyl halides is 3. The molecule has 19 heavy (non-hydrogen) atoms. The van der Waals surface area contributed by atoms with E-state index < -0.39 is 17.8 Å². The summed E-state index contributed by atoms with van der Waals surface area (Å²) in [5.74, 6) is 0.0992. The van der Waals surface area contributed by atoms with Crippen LogP contribution in [0.4, 0.5) is 19.0 Å². The molecule has 2 rings (SSSR count). The van der Waals surface area contributed by atoms with Gasteiger partial charge in [-0.1, -0.05) is 11.6 Å². The van der Waals surface area contributed by atoms with Crippen molar-refractivity contribution in [1.82, 2.24) is 4.98 Å². The van der Waals surface area contributed by atoms with Crippen molar-refractivity contribution in [3.8, 4) is 0 Å².